The Hall–Kier alpha value is -0.260. The highest BCUT2D eigenvalue weighted by molar-refractivity contribution is 7.80. The first-order chi connectivity index (χ1) is 5.72. The fourth-order valence-corrected chi connectivity index (χ4v) is 0.707. The maximum Gasteiger partial charge on any atom is 0.323 e. The highest BCUT2D eigenvalue weighted by atomic mass is 32.1. The maximum atomic E-state index is 10.9. The quantitative estimate of drug-likeness (QED) is 0.349. The van der Waals surface area contributed by atoms with Crippen molar-refractivity contribution in [2.45, 2.75) is 12.5 Å². The lowest BCUT2D eigenvalue weighted by molar-refractivity contribution is -0.144. The van der Waals surface area contributed by atoms with Gasteiger partial charge in [-0.05, 0) is 0 Å². The van der Waals surface area contributed by atoms with Crippen molar-refractivity contribution in [1.29, 1.82) is 0 Å². The Morgan fingerprint density at radius 1 is 1.58 bits per heavy atom. The van der Waals surface area contributed by atoms with E-state index in [1.165, 1.54) is 0 Å². The van der Waals surface area contributed by atoms with E-state index in [-0.39, 0.29) is 0 Å². The topological polar surface area (TPSA) is 61.5 Å². The number of carbonyl (C=O) groups excluding carboxylic acids is 1. The molecule has 0 aliphatic carbocycles. The molecular formula is C7H15NO3S. The van der Waals surface area contributed by atoms with Gasteiger partial charge in [0.25, 0.3) is 0 Å². The van der Waals surface area contributed by atoms with Crippen molar-refractivity contribution in [3.63, 3.8) is 0 Å². The molecule has 0 fully saturated rings. The first-order valence-corrected chi connectivity index (χ1v) is 4.37. The van der Waals surface area contributed by atoms with Crippen molar-refractivity contribution in [3.8, 4) is 0 Å². The van der Waals surface area contributed by atoms with Crippen LogP contribution in [0.1, 0.15) is 6.42 Å². The minimum absolute atomic E-state index is 0.309. The van der Waals surface area contributed by atoms with Gasteiger partial charge in [0.2, 0.25) is 0 Å². The average Bonchev–Trinajstić information content (AvgIpc) is 2.10. The van der Waals surface area contributed by atoms with Crippen LogP contribution in [-0.2, 0) is 14.3 Å². The minimum atomic E-state index is -0.615. The molecule has 0 heterocycles. The van der Waals surface area contributed by atoms with E-state index in [1.54, 1.807) is 7.11 Å². The number of ether oxygens (including phenoxy) is 2. The molecule has 0 bridgehead atoms. The van der Waals surface area contributed by atoms with Gasteiger partial charge in [0.1, 0.15) is 6.04 Å². The molecule has 0 spiro atoms. The van der Waals surface area contributed by atoms with Crippen LogP contribution in [-0.4, -0.2) is 38.1 Å². The molecule has 5 heteroatoms. The lowest BCUT2D eigenvalue weighted by atomic mass is 10.4. The van der Waals surface area contributed by atoms with Crippen molar-refractivity contribution in [3.05, 3.63) is 0 Å². The number of nitrogens with two attached hydrogens (primary N) is 1. The van der Waals surface area contributed by atoms with Crippen LogP contribution in [0.2, 0.25) is 0 Å². The van der Waals surface area contributed by atoms with Crippen LogP contribution in [0.3, 0.4) is 0 Å². The molecule has 0 amide bonds. The van der Waals surface area contributed by atoms with Crippen molar-refractivity contribution < 1.29 is 14.3 Å². The summed E-state index contributed by atoms with van der Waals surface area (Å²) in [5.41, 5.74) is 5.35. The highest BCUT2D eigenvalue weighted by Crippen LogP contribution is 1.90. The summed E-state index contributed by atoms with van der Waals surface area (Å²) >= 11 is 3.87. The summed E-state index contributed by atoms with van der Waals surface area (Å²) in [6, 6.07) is -0.615. The standard InChI is InChI=1S/C7H15NO3S/c1-10-3-2-4-11-7(9)6(8)5-12/h6,12H,2-5,8H2,1H3/t6-/m1/s1. The molecule has 0 aromatic heterocycles. The Labute approximate surface area is 77.8 Å². The second kappa shape index (κ2) is 7.39. The third-order valence-corrected chi connectivity index (χ3v) is 1.63. The lowest BCUT2D eigenvalue weighted by Gasteiger charge is -2.08. The number of thiol groups is 1. The molecule has 1 atom stereocenters. The van der Waals surface area contributed by atoms with E-state index >= 15 is 0 Å². The number of hydrogen-bond acceptors (Lipinski definition) is 5. The molecule has 0 radical (unpaired) electrons. The van der Waals surface area contributed by atoms with Gasteiger partial charge in [0.05, 0.1) is 6.61 Å². The van der Waals surface area contributed by atoms with Gasteiger partial charge >= 0.3 is 5.97 Å². The third-order valence-electron chi connectivity index (χ3n) is 1.24. The summed E-state index contributed by atoms with van der Waals surface area (Å²) in [6.45, 7) is 0.942. The molecule has 0 aliphatic heterocycles. The van der Waals surface area contributed by atoms with Gasteiger partial charge in [-0.25, -0.2) is 0 Å². The molecule has 0 rings (SSSR count). The van der Waals surface area contributed by atoms with E-state index in [0.29, 0.717) is 25.4 Å². The zero-order chi connectivity index (χ0) is 9.40. The van der Waals surface area contributed by atoms with E-state index in [2.05, 4.69) is 12.6 Å². The highest BCUT2D eigenvalue weighted by Gasteiger charge is 2.11. The predicted octanol–water partition coefficient (Wildman–Crippen LogP) is -0.177. The Kier molecular flexibility index (Phi) is 7.23. The Morgan fingerprint density at radius 2 is 2.25 bits per heavy atom. The van der Waals surface area contributed by atoms with Crippen molar-refractivity contribution in [2.75, 3.05) is 26.1 Å². The molecule has 0 aromatic rings. The Bertz CT molecular complexity index is 132. The van der Waals surface area contributed by atoms with E-state index in [9.17, 15) is 4.79 Å². The maximum absolute atomic E-state index is 10.9. The summed E-state index contributed by atoms with van der Waals surface area (Å²) in [5, 5.41) is 0. The van der Waals surface area contributed by atoms with Crippen molar-refractivity contribution in [2.24, 2.45) is 5.73 Å². The van der Waals surface area contributed by atoms with Crippen molar-refractivity contribution >= 4 is 18.6 Å². The zero-order valence-electron chi connectivity index (χ0n) is 7.16. The summed E-state index contributed by atoms with van der Waals surface area (Å²) < 4.78 is 9.58. The smallest absolute Gasteiger partial charge is 0.323 e. The number of hydrogen-bond donors (Lipinski definition) is 2. The molecule has 72 valence electrons. The van der Waals surface area contributed by atoms with Crippen LogP contribution in [0.4, 0.5) is 0 Å². The summed E-state index contributed by atoms with van der Waals surface area (Å²) in [7, 11) is 1.60. The number of esters is 1. The molecular weight excluding hydrogens is 178 g/mol. The second-order valence-electron chi connectivity index (χ2n) is 2.30. The van der Waals surface area contributed by atoms with Gasteiger partial charge in [0, 0.05) is 25.9 Å². The molecule has 0 unspecified atom stereocenters. The van der Waals surface area contributed by atoms with Crippen LogP contribution in [0, 0.1) is 0 Å². The minimum Gasteiger partial charge on any atom is -0.464 e. The van der Waals surface area contributed by atoms with Crippen LogP contribution >= 0.6 is 12.6 Å². The summed E-state index contributed by atoms with van der Waals surface area (Å²) in [5.74, 6) is -0.0931. The Morgan fingerprint density at radius 3 is 2.75 bits per heavy atom. The van der Waals surface area contributed by atoms with Gasteiger partial charge in [-0.1, -0.05) is 0 Å². The number of carbonyl (C=O) groups is 1. The van der Waals surface area contributed by atoms with E-state index in [1.807, 2.05) is 0 Å². The fourth-order valence-electron chi connectivity index (χ4n) is 0.558. The molecule has 0 saturated carbocycles. The first kappa shape index (κ1) is 11.7. The zero-order valence-corrected chi connectivity index (χ0v) is 8.05. The third kappa shape index (κ3) is 5.40. The molecule has 2 N–H and O–H groups in total. The van der Waals surface area contributed by atoms with Gasteiger partial charge in [-0.2, -0.15) is 12.6 Å². The predicted molar refractivity (Wildman–Crippen MR) is 49.3 cm³/mol. The van der Waals surface area contributed by atoms with Gasteiger partial charge < -0.3 is 15.2 Å². The van der Waals surface area contributed by atoms with E-state index in [0.717, 1.165) is 0 Å². The SMILES string of the molecule is COCCCOC(=O)[C@H](N)CS. The molecule has 0 aliphatic rings. The summed E-state index contributed by atoms with van der Waals surface area (Å²) in [6.07, 6.45) is 0.696. The molecule has 0 aromatic carbocycles. The van der Waals surface area contributed by atoms with Crippen LogP contribution in [0.25, 0.3) is 0 Å². The van der Waals surface area contributed by atoms with Gasteiger partial charge in [0.15, 0.2) is 0 Å². The Balaban J connectivity index is 3.31. The summed E-state index contributed by atoms with van der Waals surface area (Å²) in [4.78, 5) is 10.9. The second-order valence-corrected chi connectivity index (χ2v) is 2.67. The van der Waals surface area contributed by atoms with Crippen LogP contribution in [0.15, 0.2) is 0 Å². The molecule has 12 heavy (non-hydrogen) atoms. The van der Waals surface area contributed by atoms with E-state index < -0.39 is 12.0 Å². The van der Waals surface area contributed by atoms with Crippen molar-refractivity contribution in [1.82, 2.24) is 0 Å². The molecule has 4 nitrogen and oxygen atoms in total. The largest absolute Gasteiger partial charge is 0.464 e. The average molecular weight is 193 g/mol. The lowest BCUT2D eigenvalue weighted by Crippen LogP contribution is -2.34. The van der Waals surface area contributed by atoms with E-state index in [4.69, 9.17) is 15.2 Å². The van der Waals surface area contributed by atoms with Gasteiger partial charge in [-0.15, -0.1) is 0 Å². The van der Waals surface area contributed by atoms with Crippen LogP contribution < -0.4 is 5.73 Å². The monoisotopic (exact) mass is 193 g/mol. The van der Waals surface area contributed by atoms with Crippen LogP contribution in [0.5, 0.6) is 0 Å². The first-order valence-electron chi connectivity index (χ1n) is 3.74. The normalized spacial score (nSPS) is 12.6. The fraction of sp³-hybridized carbons (Fsp3) is 0.857. The van der Waals surface area contributed by atoms with Gasteiger partial charge in [-0.3, -0.25) is 4.79 Å². The number of methoxy groups -OCH3 is 1. The molecule has 0 saturated heterocycles. The number of rotatable bonds is 6.